The van der Waals surface area contributed by atoms with Gasteiger partial charge in [-0.05, 0) is 38.0 Å². The summed E-state index contributed by atoms with van der Waals surface area (Å²) in [4.78, 5) is 14.5. The number of benzene rings is 1. The van der Waals surface area contributed by atoms with Gasteiger partial charge in [-0.3, -0.25) is 4.79 Å². The molecule has 3 nitrogen and oxygen atoms in total. The van der Waals surface area contributed by atoms with Crippen LogP contribution in [0.15, 0.2) is 48.7 Å². The first-order valence-electron chi connectivity index (χ1n) is 7.51. The highest BCUT2D eigenvalue weighted by Gasteiger charge is 2.17. The van der Waals surface area contributed by atoms with Crippen LogP contribution in [-0.4, -0.2) is 21.4 Å². The van der Waals surface area contributed by atoms with E-state index >= 15 is 0 Å². The zero-order chi connectivity index (χ0) is 15.2. The molecule has 1 aromatic carbocycles. The topological polar surface area (TPSA) is 25.2 Å². The summed E-state index contributed by atoms with van der Waals surface area (Å²) in [5, 5.41) is 0. The Labute approximate surface area is 127 Å². The molecule has 0 fully saturated rings. The summed E-state index contributed by atoms with van der Waals surface area (Å²) in [6.07, 6.45) is 3.37. The molecule has 0 saturated heterocycles. The fourth-order valence-corrected chi connectivity index (χ4v) is 2.47. The van der Waals surface area contributed by atoms with Crippen LogP contribution >= 0.6 is 0 Å². The zero-order valence-electron chi connectivity index (χ0n) is 13.1. The molecular weight excluding hydrogens is 260 g/mol. The van der Waals surface area contributed by atoms with Crippen molar-refractivity contribution in [2.75, 3.05) is 0 Å². The maximum absolute atomic E-state index is 12.5. The van der Waals surface area contributed by atoms with E-state index in [4.69, 9.17) is 0 Å². The third kappa shape index (κ3) is 4.22. The van der Waals surface area contributed by atoms with Crippen molar-refractivity contribution in [3.05, 3.63) is 59.9 Å². The highest BCUT2D eigenvalue weighted by molar-refractivity contribution is 5.76. The molecule has 2 rings (SSSR count). The minimum absolute atomic E-state index is 0.214. The van der Waals surface area contributed by atoms with E-state index in [1.54, 1.807) is 0 Å². The fraction of sp³-hybridized carbons (Fsp3) is 0.389. The van der Waals surface area contributed by atoms with Crippen molar-refractivity contribution in [1.82, 2.24) is 9.47 Å². The van der Waals surface area contributed by atoms with Crippen LogP contribution in [0.3, 0.4) is 0 Å². The van der Waals surface area contributed by atoms with Crippen LogP contribution in [0.2, 0.25) is 0 Å². The molecule has 3 heteroatoms. The van der Waals surface area contributed by atoms with Crippen LogP contribution in [0.5, 0.6) is 0 Å². The Morgan fingerprint density at radius 2 is 1.86 bits per heavy atom. The Kier molecular flexibility index (Phi) is 5.20. The van der Waals surface area contributed by atoms with Crippen LogP contribution in [0.4, 0.5) is 0 Å². The number of rotatable bonds is 6. The van der Waals surface area contributed by atoms with Gasteiger partial charge < -0.3 is 9.47 Å². The smallest absolute Gasteiger partial charge is 0.223 e. The average Bonchev–Trinajstić information content (AvgIpc) is 2.88. The van der Waals surface area contributed by atoms with Crippen molar-refractivity contribution in [1.29, 1.82) is 0 Å². The van der Waals surface area contributed by atoms with Gasteiger partial charge in [-0.2, -0.15) is 0 Å². The largest absolute Gasteiger partial charge is 0.354 e. The minimum atomic E-state index is 0.214. The molecule has 21 heavy (non-hydrogen) atoms. The summed E-state index contributed by atoms with van der Waals surface area (Å²) in [6.45, 7) is 4.83. The lowest BCUT2D eigenvalue weighted by Crippen LogP contribution is -2.36. The Balaban J connectivity index is 1.97. The average molecular weight is 284 g/mol. The van der Waals surface area contributed by atoms with Gasteiger partial charge in [0.1, 0.15) is 0 Å². The molecular formula is C18H24N2O. The van der Waals surface area contributed by atoms with Gasteiger partial charge in [0, 0.05) is 37.9 Å². The van der Waals surface area contributed by atoms with Crippen molar-refractivity contribution in [2.45, 2.75) is 39.3 Å². The summed E-state index contributed by atoms with van der Waals surface area (Å²) in [5.74, 6) is 0.218. The first-order chi connectivity index (χ1) is 10.1. The summed E-state index contributed by atoms with van der Waals surface area (Å²) in [7, 11) is 2.02. The molecule has 0 aliphatic rings. The van der Waals surface area contributed by atoms with Crippen LogP contribution in [0.1, 0.15) is 31.5 Å². The number of carbonyl (C=O) groups excluding carboxylic acids is 1. The van der Waals surface area contributed by atoms with Gasteiger partial charge in [0.15, 0.2) is 0 Å². The van der Waals surface area contributed by atoms with Gasteiger partial charge >= 0.3 is 0 Å². The normalized spacial score (nSPS) is 10.9. The second-order valence-corrected chi connectivity index (χ2v) is 5.71. The third-order valence-corrected chi connectivity index (χ3v) is 3.79. The Morgan fingerprint density at radius 1 is 1.14 bits per heavy atom. The second-order valence-electron chi connectivity index (χ2n) is 5.71. The lowest BCUT2D eigenvalue weighted by Gasteiger charge is -2.27. The van der Waals surface area contributed by atoms with Crippen molar-refractivity contribution >= 4 is 5.91 Å². The number of carbonyl (C=O) groups is 1. The lowest BCUT2D eigenvalue weighted by atomic mass is 10.1. The van der Waals surface area contributed by atoms with Gasteiger partial charge in [0.2, 0.25) is 5.91 Å². The molecule has 0 saturated carbocycles. The van der Waals surface area contributed by atoms with E-state index in [1.165, 1.54) is 11.3 Å². The van der Waals surface area contributed by atoms with Gasteiger partial charge in [-0.15, -0.1) is 0 Å². The molecule has 0 aliphatic heterocycles. The quantitative estimate of drug-likeness (QED) is 0.798. The predicted octanol–water partition coefficient (Wildman–Crippen LogP) is 3.39. The SMILES string of the molecule is CC(C)N(Cc1ccccc1)C(=O)CCc1cccn1C. The van der Waals surface area contributed by atoms with E-state index in [0.29, 0.717) is 13.0 Å². The molecule has 0 spiro atoms. The number of hydrogen-bond acceptors (Lipinski definition) is 1. The highest BCUT2D eigenvalue weighted by atomic mass is 16.2. The summed E-state index contributed by atoms with van der Waals surface area (Å²) < 4.78 is 2.07. The summed E-state index contributed by atoms with van der Waals surface area (Å²) in [5.41, 5.74) is 2.38. The van der Waals surface area contributed by atoms with E-state index in [2.05, 4.69) is 36.6 Å². The van der Waals surface area contributed by atoms with Gasteiger partial charge in [-0.1, -0.05) is 30.3 Å². The molecule has 0 radical (unpaired) electrons. The fourth-order valence-electron chi connectivity index (χ4n) is 2.47. The number of aromatic nitrogens is 1. The Morgan fingerprint density at radius 3 is 2.43 bits per heavy atom. The number of nitrogens with zero attached hydrogens (tertiary/aromatic N) is 2. The lowest BCUT2D eigenvalue weighted by molar-refractivity contribution is -0.133. The van der Waals surface area contributed by atoms with E-state index in [0.717, 1.165) is 6.42 Å². The van der Waals surface area contributed by atoms with Gasteiger partial charge in [0.05, 0.1) is 0 Å². The third-order valence-electron chi connectivity index (χ3n) is 3.79. The molecule has 1 amide bonds. The molecule has 0 aliphatic carbocycles. The van der Waals surface area contributed by atoms with Crippen LogP contribution in [0.25, 0.3) is 0 Å². The summed E-state index contributed by atoms with van der Waals surface area (Å²) >= 11 is 0. The van der Waals surface area contributed by atoms with Crippen LogP contribution in [0, 0.1) is 0 Å². The maximum Gasteiger partial charge on any atom is 0.223 e. The maximum atomic E-state index is 12.5. The zero-order valence-corrected chi connectivity index (χ0v) is 13.1. The van der Waals surface area contributed by atoms with E-state index in [9.17, 15) is 4.79 Å². The molecule has 112 valence electrons. The molecule has 2 aromatic rings. The standard InChI is InChI=1S/C18H24N2O/c1-15(2)20(14-16-8-5-4-6-9-16)18(21)12-11-17-10-7-13-19(17)3/h4-10,13,15H,11-12,14H2,1-3H3. The Hall–Kier alpha value is -2.03. The van der Waals surface area contributed by atoms with E-state index < -0.39 is 0 Å². The molecule has 0 N–H and O–H groups in total. The summed E-state index contributed by atoms with van der Waals surface area (Å²) in [6, 6.07) is 14.5. The highest BCUT2D eigenvalue weighted by Crippen LogP contribution is 2.12. The monoisotopic (exact) mass is 284 g/mol. The number of hydrogen-bond donors (Lipinski definition) is 0. The molecule has 0 unspecified atom stereocenters. The van der Waals surface area contributed by atoms with Gasteiger partial charge in [0.25, 0.3) is 0 Å². The van der Waals surface area contributed by atoms with Crippen LogP contribution < -0.4 is 0 Å². The molecule has 0 bridgehead atoms. The second kappa shape index (κ2) is 7.11. The minimum Gasteiger partial charge on any atom is -0.354 e. The first-order valence-corrected chi connectivity index (χ1v) is 7.51. The number of amides is 1. The van der Waals surface area contributed by atoms with Crippen molar-refractivity contribution in [3.8, 4) is 0 Å². The predicted molar refractivity (Wildman–Crippen MR) is 85.9 cm³/mol. The van der Waals surface area contributed by atoms with Gasteiger partial charge in [-0.25, -0.2) is 0 Å². The molecule has 0 atom stereocenters. The van der Waals surface area contributed by atoms with Crippen LogP contribution in [-0.2, 0) is 24.8 Å². The molecule has 1 heterocycles. The molecule has 1 aromatic heterocycles. The van der Waals surface area contributed by atoms with Crippen molar-refractivity contribution in [3.63, 3.8) is 0 Å². The van der Waals surface area contributed by atoms with Crippen molar-refractivity contribution < 1.29 is 4.79 Å². The van der Waals surface area contributed by atoms with E-state index in [1.807, 2.05) is 42.4 Å². The number of aryl methyl sites for hydroxylation is 2. The van der Waals surface area contributed by atoms with Crippen molar-refractivity contribution in [2.24, 2.45) is 7.05 Å². The Bertz CT molecular complexity index is 572. The van der Waals surface area contributed by atoms with E-state index in [-0.39, 0.29) is 11.9 Å². The first kappa shape index (κ1) is 15.4.